The van der Waals surface area contributed by atoms with Gasteiger partial charge in [-0.1, -0.05) is 6.08 Å². The molecule has 3 rings (SSSR count). The van der Waals surface area contributed by atoms with Gasteiger partial charge in [0.05, 0.1) is 12.5 Å². The van der Waals surface area contributed by atoms with Gasteiger partial charge >= 0.3 is 0 Å². The fourth-order valence-corrected chi connectivity index (χ4v) is 2.44. The molecule has 0 bridgehead atoms. The van der Waals surface area contributed by atoms with Gasteiger partial charge in [0, 0.05) is 12.1 Å². The van der Waals surface area contributed by atoms with Crippen molar-refractivity contribution in [3.8, 4) is 0 Å². The third-order valence-corrected chi connectivity index (χ3v) is 3.18. The number of rotatable bonds is 1. The summed E-state index contributed by atoms with van der Waals surface area (Å²) in [5.74, 6) is 1.61. The largest absolute Gasteiger partial charge is 0.472 e. The molecule has 1 aliphatic heterocycles. The second-order valence-corrected chi connectivity index (χ2v) is 3.99. The van der Waals surface area contributed by atoms with Gasteiger partial charge in [-0.15, -0.1) is 0 Å². The van der Waals surface area contributed by atoms with Gasteiger partial charge in [0.25, 0.3) is 0 Å². The first kappa shape index (κ1) is 7.39. The molecule has 1 aliphatic carbocycles. The summed E-state index contributed by atoms with van der Waals surface area (Å²) in [5, 5.41) is 3.42. The molecule has 1 aromatic heterocycles. The minimum atomic E-state index is 0.768. The van der Waals surface area contributed by atoms with E-state index in [0.29, 0.717) is 0 Å². The predicted octanol–water partition coefficient (Wildman–Crippen LogP) is 1.90. The number of furan rings is 1. The van der Waals surface area contributed by atoms with Crippen LogP contribution in [0.25, 0.3) is 5.57 Å². The van der Waals surface area contributed by atoms with Gasteiger partial charge < -0.3 is 9.73 Å². The summed E-state index contributed by atoms with van der Waals surface area (Å²) in [7, 11) is 0. The van der Waals surface area contributed by atoms with E-state index in [9.17, 15) is 0 Å². The summed E-state index contributed by atoms with van der Waals surface area (Å²) in [4.78, 5) is 0. The van der Waals surface area contributed by atoms with Crippen molar-refractivity contribution in [2.75, 3.05) is 13.1 Å². The van der Waals surface area contributed by atoms with Crippen molar-refractivity contribution in [1.82, 2.24) is 5.32 Å². The third kappa shape index (κ3) is 1.13. The lowest BCUT2D eigenvalue weighted by Crippen LogP contribution is -2.08. The fourth-order valence-electron chi connectivity index (χ4n) is 2.44. The summed E-state index contributed by atoms with van der Waals surface area (Å²) < 4.78 is 5.09. The molecule has 1 saturated heterocycles. The van der Waals surface area contributed by atoms with Crippen LogP contribution in [0.2, 0.25) is 0 Å². The molecule has 0 aromatic carbocycles. The zero-order valence-electron chi connectivity index (χ0n) is 7.49. The van der Waals surface area contributed by atoms with Crippen molar-refractivity contribution in [2.24, 2.45) is 11.8 Å². The maximum atomic E-state index is 5.09. The monoisotopic (exact) mass is 175 g/mol. The third-order valence-electron chi connectivity index (χ3n) is 3.18. The molecule has 1 fully saturated rings. The van der Waals surface area contributed by atoms with E-state index in [1.807, 2.05) is 6.26 Å². The van der Waals surface area contributed by atoms with Crippen molar-refractivity contribution in [3.63, 3.8) is 0 Å². The molecule has 0 spiro atoms. The van der Waals surface area contributed by atoms with Gasteiger partial charge in [0.15, 0.2) is 0 Å². The second kappa shape index (κ2) is 2.74. The van der Waals surface area contributed by atoms with E-state index in [1.165, 1.54) is 24.1 Å². The van der Waals surface area contributed by atoms with Crippen LogP contribution in [0.4, 0.5) is 0 Å². The van der Waals surface area contributed by atoms with E-state index < -0.39 is 0 Å². The summed E-state index contributed by atoms with van der Waals surface area (Å²) in [5.41, 5.74) is 2.75. The van der Waals surface area contributed by atoms with E-state index in [-0.39, 0.29) is 0 Å². The highest BCUT2D eigenvalue weighted by atomic mass is 16.3. The van der Waals surface area contributed by atoms with Crippen molar-refractivity contribution in [1.29, 1.82) is 0 Å². The van der Waals surface area contributed by atoms with Crippen LogP contribution in [0, 0.1) is 11.8 Å². The van der Waals surface area contributed by atoms with Crippen LogP contribution in [0.15, 0.2) is 29.1 Å². The molecule has 13 heavy (non-hydrogen) atoms. The highest BCUT2D eigenvalue weighted by Crippen LogP contribution is 2.38. The molecule has 0 saturated carbocycles. The van der Waals surface area contributed by atoms with Crippen LogP contribution in [-0.4, -0.2) is 13.1 Å². The summed E-state index contributed by atoms with van der Waals surface area (Å²) in [6.07, 6.45) is 7.23. The summed E-state index contributed by atoms with van der Waals surface area (Å²) in [6, 6.07) is 2.06. The molecule has 2 heteroatoms. The highest BCUT2D eigenvalue weighted by Gasteiger charge is 2.31. The minimum Gasteiger partial charge on any atom is -0.472 e. The summed E-state index contributed by atoms with van der Waals surface area (Å²) in [6.45, 7) is 2.34. The zero-order chi connectivity index (χ0) is 8.67. The van der Waals surface area contributed by atoms with E-state index >= 15 is 0 Å². The molecule has 0 radical (unpaired) electrons. The molecule has 1 aromatic rings. The number of hydrogen-bond donors (Lipinski definition) is 1. The maximum Gasteiger partial charge on any atom is 0.0977 e. The Balaban J connectivity index is 1.88. The number of nitrogens with one attached hydrogen (secondary N) is 1. The van der Waals surface area contributed by atoms with Crippen LogP contribution in [0.5, 0.6) is 0 Å². The normalized spacial score (nSPS) is 31.8. The van der Waals surface area contributed by atoms with Gasteiger partial charge in [-0.2, -0.15) is 0 Å². The number of hydrogen-bond acceptors (Lipinski definition) is 2. The number of fused-ring (bicyclic) bond motifs is 1. The fraction of sp³-hybridized carbons (Fsp3) is 0.455. The van der Waals surface area contributed by atoms with E-state index in [1.54, 1.807) is 6.26 Å². The van der Waals surface area contributed by atoms with Gasteiger partial charge in [-0.05, 0) is 36.4 Å². The lowest BCUT2D eigenvalue weighted by molar-refractivity contribution is 0.536. The van der Waals surface area contributed by atoms with Crippen molar-refractivity contribution >= 4 is 5.57 Å². The molecule has 2 aliphatic rings. The molecule has 2 heterocycles. The second-order valence-electron chi connectivity index (χ2n) is 3.99. The lowest BCUT2D eigenvalue weighted by atomic mass is 9.99. The Bertz CT molecular complexity index is 326. The Kier molecular flexibility index (Phi) is 1.56. The predicted molar refractivity (Wildman–Crippen MR) is 51.2 cm³/mol. The molecule has 2 nitrogen and oxygen atoms in total. The van der Waals surface area contributed by atoms with Crippen LogP contribution in [0.1, 0.15) is 12.0 Å². The Morgan fingerprint density at radius 2 is 2.38 bits per heavy atom. The lowest BCUT2D eigenvalue weighted by Gasteiger charge is -2.04. The Morgan fingerprint density at radius 3 is 3.15 bits per heavy atom. The van der Waals surface area contributed by atoms with Gasteiger partial charge in [0.1, 0.15) is 0 Å². The highest BCUT2D eigenvalue weighted by molar-refractivity contribution is 5.67. The first-order valence-corrected chi connectivity index (χ1v) is 4.87. The number of allylic oxidation sites excluding steroid dienone is 1. The van der Waals surface area contributed by atoms with Crippen molar-refractivity contribution in [2.45, 2.75) is 6.42 Å². The van der Waals surface area contributed by atoms with Crippen LogP contribution < -0.4 is 5.32 Å². The smallest absolute Gasteiger partial charge is 0.0977 e. The molecular formula is C11H13NO. The Labute approximate surface area is 77.6 Å². The van der Waals surface area contributed by atoms with E-state index in [0.717, 1.165) is 18.4 Å². The van der Waals surface area contributed by atoms with E-state index in [4.69, 9.17) is 4.42 Å². The molecule has 1 N–H and O–H groups in total. The molecule has 2 unspecified atom stereocenters. The Morgan fingerprint density at radius 1 is 1.38 bits per heavy atom. The maximum absolute atomic E-state index is 5.09. The quantitative estimate of drug-likeness (QED) is 0.705. The van der Waals surface area contributed by atoms with Gasteiger partial charge in [0.2, 0.25) is 0 Å². The van der Waals surface area contributed by atoms with Crippen LogP contribution >= 0.6 is 0 Å². The minimum absolute atomic E-state index is 0.768. The van der Waals surface area contributed by atoms with E-state index in [2.05, 4.69) is 17.5 Å². The topological polar surface area (TPSA) is 25.2 Å². The molecule has 2 atom stereocenters. The molecule has 68 valence electrons. The zero-order valence-corrected chi connectivity index (χ0v) is 7.49. The van der Waals surface area contributed by atoms with Gasteiger partial charge in [-0.3, -0.25) is 0 Å². The van der Waals surface area contributed by atoms with Crippen molar-refractivity contribution in [3.05, 3.63) is 30.2 Å². The summed E-state index contributed by atoms with van der Waals surface area (Å²) >= 11 is 0. The first-order chi connectivity index (χ1) is 6.43. The van der Waals surface area contributed by atoms with Crippen LogP contribution in [0.3, 0.4) is 0 Å². The molecular weight excluding hydrogens is 162 g/mol. The molecule has 0 amide bonds. The average Bonchev–Trinajstić information content (AvgIpc) is 2.78. The first-order valence-electron chi connectivity index (χ1n) is 4.87. The van der Waals surface area contributed by atoms with Crippen molar-refractivity contribution < 1.29 is 4.42 Å². The SMILES string of the molecule is C1=C(c2ccoc2)CC2CNCC12. The van der Waals surface area contributed by atoms with Crippen LogP contribution in [-0.2, 0) is 0 Å². The Hall–Kier alpha value is -1.02. The van der Waals surface area contributed by atoms with Gasteiger partial charge in [-0.25, -0.2) is 0 Å². The standard InChI is InChI=1S/C11H13NO/c1-2-13-7-8(1)9-3-10-5-12-6-11(10)4-9/h1-3,7,10-12H,4-6H2. The average molecular weight is 175 g/mol.